The summed E-state index contributed by atoms with van der Waals surface area (Å²) in [6.07, 6.45) is 3.09. The quantitative estimate of drug-likeness (QED) is 0.813. The number of anilines is 1. The molecular weight excluding hydrogens is 224 g/mol. The largest absolute Gasteiger partial charge is 0.399 e. The Labute approximate surface area is 107 Å². The number of aryl methyl sites for hydroxylation is 1. The zero-order valence-corrected chi connectivity index (χ0v) is 10.6. The van der Waals surface area contributed by atoms with E-state index in [0.717, 1.165) is 37.4 Å². The standard InChI is InChI=1S/C14H18N4/c1-17-6-5-14(16-17)10-18-7-4-11-2-3-13(15)8-12(11)9-18/h2-3,5-6,8H,4,7,9-10,15H2,1H3. The van der Waals surface area contributed by atoms with Gasteiger partial charge in [0, 0.05) is 38.6 Å². The first-order valence-electron chi connectivity index (χ1n) is 6.29. The Balaban J connectivity index is 1.74. The van der Waals surface area contributed by atoms with Crippen molar-refractivity contribution in [2.75, 3.05) is 12.3 Å². The minimum absolute atomic E-state index is 0.855. The maximum absolute atomic E-state index is 5.85. The van der Waals surface area contributed by atoms with Gasteiger partial charge in [-0.1, -0.05) is 6.07 Å². The maximum atomic E-state index is 5.85. The van der Waals surface area contributed by atoms with E-state index < -0.39 is 0 Å². The third kappa shape index (κ3) is 2.24. The lowest BCUT2D eigenvalue weighted by atomic mass is 9.99. The van der Waals surface area contributed by atoms with Crippen LogP contribution < -0.4 is 5.73 Å². The van der Waals surface area contributed by atoms with Crippen molar-refractivity contribution in [2.24, 2.45) is 7.05 Å². The van der Waals surface area contributed by atoms with Crippen LogP contribution in [0.1, 0.15) is 16.8 Å². The van der Waals surface area contributed by atoms with Crippen LogP contribution in [0.25, 0.3) is 0 Å². The van der Waals surface area contributed by atoms with Gasteiger partial charge in [-0.2, -0.15) is 5.10 Å². The molecule has 4 heteroatoms. The zero-order valence-electron chi connectivity index (χ0n) is 10.6. The Morgan fingerprint density at radius 2 is 2.17 bits per heavy atom. The smallest absolute Gasteiger partial charge is 0.0764 e. The van der Waals surface area contributed by atoms with Crippen molar-refractivity contribution in [3.05, 3.63) is 47.3 Å². The number of fused-ring (bicyclic) bond motifs is 1. The monoisotopic (exact) mass is 242 g/mol. The van der Waals surface area contributed by atoms with E-state index in [-0.39, 0.29) is 0 Å². The number of hydrogen-bond acceptors (Lipinski definition) is 3. The van der Waals surface area contributed by atoms with Crippen LogP contribution in [0.2, 0.25) is 0 Å². The second-order valence-electron chi connectivity index (χ2n) is 4.97. The van der Waals surface area contributed by atoms with E-state index in [1.54, 1.807) is 0 Å². The number of hydrogen-bond donors (Lipinski definition) is 1. The van der Waals surface area contributed by atoms with Crippen molar-refractivity contribution in [1.29, 1.82) is 0 Å². The van der Waals surface area contributed by atoms with Gasteiger partial charge in [-0.15, -0.1) is 0 Å². The molecule has 0 unspecified atom stereocenters. The maximum Gasteiger partial charge on any atom is 0.0764 e. The van der Waals surface area contributed by atoms with Crippen molar-refractivity contribution >= 4 is 5.69 Å². The molecule has 1 aliphatic heterocycles. The third-order valence-corrected chi connectivity index (χ3v) is 3.48. The van der Waals surface area contributed by atoms with Gasteiger partial charge in [0.1, 0.15) is 0 Å². The molecule has 1 aromatic carbocycles. The summed E-state index contributed by atoms with van der Waals surface area (Å²) in [6.45, 7) is 2.97. The predicted molar refractivity (Wildman–Crippen MR) is 71.9 cm³/mol. The number of nitrogens with zero attached hydrogens (tertiary/aromatic N) is 3. The molecule has 0 bridgehead atoms. The van der Waals surface area contributed by atoms with Crippen LogP contribution >= 0.6 is 0 Å². The molecule has 2 N–H and O–H groups in total. The minimum atomic E-state index is 0.855. The number of benzene rings is 1. The van der Waals surface area contributed by atoms with Crippen molar-refractivity contribution in [1.82, 2.24) is 14.7 Å². The number of aromatic nitrogens is 2. The summed E-state index contributed by atoms with van der Waals surface area (Å²) in [5, 5.41) is 4.43. The molecule has 0 aliphatic carbocycles. The molecule has 0 fully saturated rings. The summed E-state index contributed by atoms with van der Waals surface area (Å²) in [5.41, 5.74) is 10.6. The molecule has 0 atom stereocenters. The van der Waals surface area contributed by atoms with Gasteiger partial charge in [0.15, 0.2) is 0 Å². The zero-order chi connectivity index (χ0) is 12.5. The van der Waals surface area contributed by atoms with Crippen molar-refractivity contribution in [3.8, 4) is 0 Å². The van der Waals surface area contributed by atoms with Gasteiger partial charge in [-0.05, 0) is 35.7 Å². The van der Waals surface area contributed by atoms with Crippen LogP contribution in [0.4, 0.5) is 5.69 Å². The van der Waals surface area contributed by atoms with Crippen LogP contribution in [-0.2, 0) is 26.6 Å². The van der Waals surface area contributed by atoms with Crippen LogP contribution in [0.15, 0.2) is 30.5 Å². The van der Waals surface area contributed by atoms with Gasteiger partial charge >= 0.3 is 0 Å². The molecule has 0 spiro atoms. The van der Waals surface area contributed by atoms with Crippen molar-refractivity contribution in [2.45, 2.75) is 19.5 Å². The third-order valence-electron chi connectivity index (χ3n) is 3.48. The fraction of sp³-hybridized carbons (Fsp3) is 0.357. The summed E-state index contributed by atoms with van der Waals surface area (Å²) >= 11 is 0. The lowest BCUT2D eigenvalue weighted by Gasteiger charge is -2.28. The topological polar surface area (TPSA) is 47.1 Å². The molecule has 3 rings (SSSR count). The first-order valence-corrected chi connectivity index (χ1v) is 6.29. The van der Waals surface area contributed by atoms with Crippen molar-refractivity contribution < 1.29 is 0 Å². The highest BCUT2D eigenvalue weighted by molar-refractivity contribution is 5.45. The van der Waals surface area contributed by atoms with E-state index in [1.807, 2.05) is 24.0 Å². The fourth-order valence-corrected chi connectivity index (χ4v) is 2.55. The van der Waals surface area contributed by atoms with E-state index in [0.29, 0.717) is 0 Å². The Morgan fingerprint density at radius 1 is 1.28 bits per heavy atom. The number of nitrogen functional groups attached to an aromatic ring is 1. The molecule has 94 valence electrons. The highest BCUT2D eigenvalue weighted by Crippen LogP contribution is 2.22. The number of nitrogens with two attached hydrogens (primary N) is 1. The SMILES string of the molecule is Cn1ccc(CN2CCc3ccc(N)cc3C2)n1. The van der Waals surface area contributed by atoms with Gasteiger partial charge < -0.3 is 5.73 Å². The number of rotatable bonds is 2. The molecule has 1 aliphatic rings. The van der Waals surface area contributed by atoms with Gasteiger partial charge in [0.25, 0.3) is 0 Å². The van der Waals surface area contributed by atoms with E-state index in [1.165, 1.54) is 11.1 Å². The van der Waals surface area contributed by atoms with E-state index in [2.05, 4.69) is 28.2 Å². The molecule has 0 radical (unpaired) electrons. The first-order chi connectivity index (χ1) is 8.70. The van der Waals surface area contributed by atoms with Gasteiger partial charge in [-0.3, -0.25) is 9.58 Å². The second kappa shape index (κ2) is 4.46. The van der Waals surface area contributed by atoms with Gasteiger partial charge in [0.05, 0.1) is 5.69 Å². The molecule has 0 amide bonds. The molecule has 0 saturated carbocycles. The van der Waals surface area contributed by atoms with Crippen LogP contribution in [-0.4, -0.2) is 21.2 Å². The summed E-state index contributed by atoms with van der Waals surface area (Å²) in [5.74, 6) is 0. The lowest BCUT2D eigenvalue weighted by Crippen LogP contribution is -2.30. The lowest BCUT2D eigenvalue weighted by molar-refractivity contribution is 0.242. The predicted octanol–water partition coefficient (Wildman–Crippen LogP) is 1.56. The molecule has 2 heterocycles. The Kier molecular flexibility index (Phi) is 2.80. The summed E-state index contributed by atoms with van der Waals surface area (Å²) in [7, 11) is 1.95. The van der Waals surface area contributed by atoms with E-state index in [9.17, 15) is 0 Å². The highest BCUT2D eigenvalue weighted by atomic mass is 15.3. The van der Waals surface area contributed by atoms with Crippen molar-refractivity contribution in [3.63, 3.8) is 0 Å². The first kappa shape index (κ1) is 11.3. The highest BCUT2D eigenvalue weighted by Gasteiger charge is 2.17. The minimum Gasteiger partial charge on any atom is -0.399 e. The summed E-state index contributed by atoms with van der Waals surface area (Å²) in [4.78, 5) is 2.42. The molecule has 4 nitrogen and oxygen atoms in total. The van der Waals surface area contributed by atoms with E-state index >= 15 is 0 Å². The van der Waals surface area contributed by atoms with E-state index in [4.69, 9.17) is 5.73 Å². The Morgan fingerprint density at radius 3 is 2.94 bits per heavy atom. The Hall–Kier alpha value is -1.81. The molecular formula is C14H18N4. The molecule has 18 heavy (non-hydrogen) atoms. The molecule has 2 aromatic rings. The summed E-state index contributed by atoms with van der Waals surface area (Å²) < 4.78 is 1.85. The molecule has 1 aromatic heterocycles. The average molecular weight is 242 g/mol. The fourth-order valence-electron chi connectivity index (χ4n) is 2.55. The second-order valence-corrected chi connectivity index (χ2v) is 4.97. The average Bonchev–Trinajstić information content (AvgIpc) is 2.74. The van der Waals surface area contributed by atoms with Crippen LogP contribution in [0, 0.1) is 0 Å². The van der Waals surface area contributed by atoms with Gasteiger partial charge in [-0.25, -0.2) is 0 Å². The van der Waals surface area contributed by atoms with Crippen LogP contribution in [0.3, 0.4) is 0 Å². The van der Waals surface area contributed by atoms with Gasteiger partial charge in [0.2, 0.25) is 0 Å². The van der Waals surface area contributed by atoms with Crippen LogP contribution in [0.5, 0.6) is 0 Å². The normalized spacial score (nSPS) is 15.6. The Bertz CT molecular complexity index is 559. The molecule has 0 saturated heterocycles. The summed E-state index contributed by atoms with van der Waals surface area (Å²) in [6, 6.07) is 8.32.